The number of rotatable bonds is 5. The lowest BCUT2D eigenvalue weighted by Crippen LogP contribution is -2.11. The van der Waals surface area contributed by atoms with Crippen LogP contribution in [0.15, 0.2) is 52.4 Å². The largest absolute Gasteiger partial charge is 0.454 e. The number of carbonyl (C=O) groups is 2. The quantitative estimate of drug-likeness (QED) is 0.716. The lowest BCUT2D eigenvalue weighted by molar-refractivity contribution is 0.0437. The highest BCUT2D eigenvalue weighted by Crippen LogP contribution is 2.16. The number of hydrogen-bond acceptors (Lipinski definition) is 6. The van der Waals surface area contributed by atoms with Gasteiger partial charge in [0.2, 0.25) is 0 Å². The standard InChI is InChI=1S/C17H14N2O4S/c1-11-8-14(23-19-11)10-22-17(21)12-4-2-5-13(9-12)18-16(20)15-6-3-7-24-15/h2-9H,10H2,1H3,(H,18,20). The molecular weight excluding hydrogens is 328 g/mol. The minimum absolute atomic E-state index is 0.00541. The zero-order valence-electron chi connectivity index (χ0n) is 12.8. The summed E-state index contributed by atoms with van der Waals surface area (Å²) in [5.74, 6) is -0.244. The first-order valence-electron chi connectivity index (χ1n) is 7.16. The van der Waals surface area contributed by atoms with Crippen molar-refractivity contribution < 1.29 is 18.8 Å². The number of aryl methyl sites for hydroxylation is 1. The first-order valence-corrected chi connectivity index (χ1v) is 8.04. The first kappa shape index (κ1) is 15.9. The summed E-state index contributed by atoms with van der Waals surface area (Å²) in [5.41, 5.74) is 1.59. The van der Waals surface area contributed by atoms with Crippen LogP contribution in [0.5, 0.6) is 0 Å². The van der Waals surface area contributed by atoms with Crippen LogP contribution in [0.1, 0.15) is 31.5 Å². The molecule has 0 aliphatic heterocycles. The van der Waals surface area contributed by atoms with Gasteiger partial charge in [0.15, 0.2) is 12.4 Å². The Morgan fingerprint density at radius 1 is 1.25 bits per heavy atom. The van der Waals surface area contributed by atoms with Crippen molar-refractivity contribution in [3.8, 4) is 0 Å². The zero-order valence-corrected chi connectivity index (χ0v) is 13.6. The van der Waals surface area contributed by atoms with E-state index in [1.165, 1.54) is 11.3 Å². The molecule has 0 fully saturated rings. The summed E-state index contributed by atoms with van der Waals surface area (Å²) in [6.07, 6.45) is 0. The number of amides is 1. The Bertz CT molecular complexity index is 855. The number of hydrogen-bond donors (Lipinski definition) is 1. The Morgan fingerprint density at radius 2 is 2.12 bits per heavy atom. The molecule has 2 heterocycles. The first-order chi connectivity index (χ1) is 11.6. The van der Waals surface area contributed by atoms with E-state index in [1.807, 2.05) is 5.38 Å². The second-order valence-corrected chi connectivity index (χ2v) is 5.97. The highest BCUT2D eigenvalue weighted by molar-refractivity contribution is 7.12. The summed E-state index contributed by atoms with van der Waals surface area (Å²) < 4.78 is 10.2. The molecule has 24 heavy (non-hydrogen) atoms. The number of ether oxygens (including phenoxy) is 1. The number of carbonyl (C=O) groups excluding carboxylic acids is 2. The Kier molecular flexibility index (Phi) is 4.72. The molecule has 6 nitrogen and oxygen atoms in total. The van der Waals surface area contributed by atoms with Gasteiger partial charge in [0.1, 0.15) is 0 Å². The number of esters is 1. The molecule has 2 aromatic heterocycles. The fourth-order valence-corrected chi connectivity index (χ4v) is 2.65. The molecule has 7 heteroatoms. The number of thiophene rings is 1. The molecule has 0 saturated carbocycles. The molecule has 3 aromatic rings. The van der Waals surface area contributed by atoms with Crippen LogP contribution >= 0.6 is 11.3 Å². The van der Waals surface area contributed by atoms with Gasteiger partial charge in [0.05, 0.1) is 16.1 Å². The second-order valence-electron chi connectivity index (χ2n) is 5.02. The lowest BCUT2D eigenvalue weighted by Gasteiger charge is -2.06. The third-order valence-corrected chi connectivity index (χ3v) is 3.99. The molecule has 0 atom stereocenters. The van der Waals surface area contributed by atoms with E-state index in [1.54, 1.807) is 49.4 Å². The van der Waals surface area contributed by atoms with Crippen molar-refractivity contribution in [3.05, 3.63) is 69.7 Å². The van der Waals surface area contributed by atoms with Crippen molar-refractivity contribution in [2.24, 2.45) is 0 Å². The maximum Gasteiger partial charge on any atom is 0.338 e. The van der Waals surface area contributed by atoms with Gasteiger partial charge < -0.3 is 14.6 Å². The van der Waals surface area contributed by atoms with Crippen molar-refractivity contribution in [2.75, 3.05) is 5.32 Å². The normalized spacial score (nSPS) is 10.4. The van der Waals surface area contributed by atoms with E-state index < -0.39 is 5.97 Å². The van der Waals surface area contributed by atoms with Crippen LogP contribution in [0, 0.1) is 6.92 Å². The molecule has 0 spiro atoms. The highest BCUT2D eigenvalue weighted by Gasteiger charge is 2.12. The van der Waals surface area contributed by atoms with Gasteiger partial charge >= 0.3 is 5.97 Å². The van der Waals surface area contributed by atoms with Crippen LogP contribution in [0.25, 0.3) is 0 Å². The van der Waals surface area contributed by atoms with Crippen molar-refractivity contribution >= 4 is 28.9 Å². The van der Waals surface area contributed by atoms with Crippen LogP contribution in [0.3, 0.4) is 0 Å². The minimum Gasteiger partial charge on any atom is -0.454 e. The van der Waals surface area contributed by atoms with Gasteiger partial charge in [-0.2, -0.15) is 0 Å². The molecule has 1 N–H and O–H groups in total. The molecule has 0 aliphatic carbocycles. The molecule has 0 aliphatic rings. The van der Waals surface area contributed by atoms with Gasteiger partial charge in [-0.1, -0.05) is 17.3 Å². The van der Waals surface area contributed by atoms with Crippen LogP contribution in [-0.4, -0.2) is 17.0 Å². The third-order valence-electron chi connectivity index (χ3n) is 3.12. The highest BCUT2D eigenvalue weighted by atomic mass is 32.1. The van der Waals surface area contributed by atoms with E-state index in [4.69, 9.17) is 9.26 Å². The van der Waals surface area contributed by atoms with Gasteiger partial charge in [0.25, 0.3) is 5.91 Å². The topological polar surface area (TPSA) is 81.4 Å². The summed E-state index contributed by atoms with van der Waals surface area (Å²) in [6, 6.07) is 11.8. The van der Waals surface area contributed by atoms with Gasteiger partial charge in [-0.25, -0.2) is 4.79 Å². The second kappa shape index (κ2) is 7.10. The van der Waals surface area contributed by atoms with E-state index in [0.29, 0.717) is 21.9 Å². The van der Waals surface area contributed by atoms with Crippen LogP contribution in [-0.2, 0) is 11.3 Å². The van der Waals surface area contributed by atoms with Gasteiger partial charge in [-0.05, 0) is 36.6 Å². The average Bonchev–Trinajstić information content (AvgIpc) is 3.24. The number of nitrogens with one attached hydrogen (secondary N) is 1. The van der Waals surface area contributed by atoms with Crippen molar-refractivity contribution in [3.63, 3.8) is 0 Å². The summed E-state index contributed by atoms with van der Waals surface area (Å²) in [6.45, 7) is 1.79. The Balaban J connectivity index is 1.63. The van der Waals surface area contributed by atoms with Crippen LogP contribution < -0.4 is 5.32 Å². The maximum absolute atomic E-state index is 12.1. The molecule has 0 saturated heterocycles. The van der Waals surface area contributed by atoms with E-state index in [2.05, 4.69) is 10.5 Å². The number of anilines is 1. The molecule has 3 rings (SSSR count). The monoisotopic (exact) mass is 342 g/mol. The SMILES string of the molecule is Cc1cc(COC(=O)c2cccc(NC(=O)c3cccs3)c2)on1. The van der Waals surface area contributed by atoms with Gasteiger partial charge in [-0.3, -0.25) is 4.79 Å². The number of nitrogens with zero attached hydrogens (tertiary/aromatic N) is 1. The number of aromatic nitrogens is 1. The van der Waals surface area contributed by atoms with Gasteiger partial charge in [0, 0.05) is 11.8 Å². The van der Waals surface area contributed by atoms with Crippen molar-refractivity contribution in [1.82, 2.24) is 5.16 Å². The number of benzene rings is 1. The van der Waals surface area contributed by atoms with E-state index in [0.717, 1.165) is 5.69 Å². The lowest BCUT2D eigenvalue weighted by atomic mass is 10.2. The molecule has 0 unspecified atom stereocenters. The third kappa shape index (κ3) is 3.88. The average molecular weight is 342 g/mol. The molecular formula is C17H14N2O4S. The summed E-state index contributed by atoms with van der Waals surface area (Å²) in [5, 5.41) is 8.30. The summed E-state index contributed by atoms with van der Waals surface area (Å²) in [7, 11) is 0. The minimum atomic E-state index is -0.503. The predicted molar refractivity (Wildman–Crippen MR) is 89.1 cm³/mol. The van der Waals surface area contributed by atoms with Crippen molar-refractivity contribution in [1.29, 1.82) is 0 Å². The van der Waals surface area contributed by atoms with Crippen LogP contribution in [0.4, 0.5) is 5.69 Å². The zero-order chi connectivity index (χ0) is 16.9. The fraction of sp³-hybridized carbons (Fsp3) is 0.118. The maximum atomic E-state index is 12.1. The molecule has 1 amide bonds. The van der Waals surface area contributed by atoms with Crippen molar-refractivity contribution in [2.45, 2.75) is 13.5 Å². The van der Waals surface area contributed by atoms with Gasteiger partial charge in [-0.15, -0.1) is 11.3 Å². The molecule has 0 radical (unpaired) electrons. The van der Waals surface area contributed by atoms with E-state index in [9.17, 15) is 9.59 Å². The Labute approximate surface area is 142 Å². The predicted octanol–water partition coefficient (Wildman–Crippen LogP) is 3.65. The Hall–Kier alpha value is -2.93. The molecule has 122 valence electrons. The summed E-state index contributed by atoms with van der Waals surface area (Å²) >= 11 is 1.35. The molecule has 1 aromatic carbocycles. The Morgan fingerprint density at radius 3 is 2.83 bits per heavy atom. The van der Waals surface area contributed by atoms with E-state index >= 15 is 0 Å². The van der Waals surface area contributed by atoms with E-state index in [-0.39, 0.29) is 12.5 Å². The van der Waals surface area contributed by atoms with Crippen LogP contribution in [0.2, 0.25) is 0 Å². The smallest absolute Gasteiger partial charge is 0.338 e. The fourth-order valence-electron chi connectivity index (χ4n) is 2.03. The summed E-state index contributed by atoms with van der Waals surface area (Å²) in [4.78, 5) is 24.7. The molecule has 0 bridgehead atoms.